The van der Waals surface area contributed by atoms with Crippen molar-refractivity contribution in [1.29, 1.82) is 0 Å². The zero-order valence-electron chi connectivity index (χ0n) is 9.65. The molecule has 1 aliphatic rings. The number of hydrogen-bond acceptors (Lipinski definition) is 4. The Bertz CT molecular complexity index is 290. The fraction of sp³-hybridized carbons (Fsp3) is 1.00. The lowest BCUT2D eigenvalue weighted by Gasteiger charge is -2.20. The lowest BCUT2D eigenvalue weighted by molar-refractivity contribution is 0.280. The van der Waals surface area contributed by atoms with Crippen molar-refractivity contribution in [3.05, 3.63) is 0 Å². The Labute approximate surface area is 92.7 Å². The van der Waals surface area contributed by atoms with Gasteiger partial charge in [0.2, 0.25) is 0 Å². The maximum absolute atomic E-state index is 11.4. The summed E-state index contributed by atoms with van der Waals surface area (Å²) in [5, 5.41) is 0. The summed E-state index contributed by atoms with van der Waals surface area (Å²) in [6.45, 7) is 6.17. The standard InChI is InChI=1S/C10H22N2O2S/c1-3-15(13,14)5-4-12-8-10(7-11)6-9(12)2/h9-10H,3-8,11H2,1-2H3. The van der Waals surface area contributed by atoms with E-state index in [1.54, 1.807) is 6.92 Å². The molecule has 0 aliphatic carbocycles. The molecule has 0 bridgehead atoms. The van der Waals surface area contributed by atoms with Gasteiger partial charge in [0.15, 0.2) is 9.84 Å². The molecule has 0 radical (unpaired) electrons. The Morgan fingerprint density at radius 1 is 1.47 bits per heavy atom. The first-order chi connectivity index (χ1) is 6.98. The van der Waals surface area contributed by atoms with E-state index in [1.807, 2.05) is 0 Å². The van der Waals surface area contributed by atoms with Crippen LogP contribution in [-0.4, -0.2) is 50.5 Å². The number of likely N-dealkylation sites (tertiary alicyclic amines) is 1. The first kappa shape index (κ1) is 12.9. The van der Waals surface area contributed by atoms with Crippen molar-refractivity contribution >= 4 is 9.84 Å². The molecule has 1 heterocycles. The number of nitrogens with two attached hydrogens (primary N) is 1. The van der Waals surface area contributed by atoms with E-state index in [9.17, 15) is 8.42 Å². The Balaban J connectivity index is 2.40. The van der Waals surface area contributed by atoms with E-state index in [0.717, 1.165) is 13.0 Å². The summed E-state index contributed by atoms with van der Waals surface area (Å²) >= 11 is 0. The van der Waals surface area contributed by atoms with Crippen molar-refractivity contribution in [2.24, 2.45) is 11.7 Å². The summed E-state index contributed by atoms with van der Waals surface area (Å²) < 4.78 is 22.7. The van der Waals surface area contributed by atoms with Crippen molar-refractivity contribution in [2.45, 2.75) is 26.3 Å². The molecular formula is C10H22N2O2S. The molecule has 1 saturated heterocycles. The van der Waals surface area contributed by atoms with Crippen LogP contribution in [0.2, 0.25) is 0 Å². The molecule has 1 aliphatic heterocycles. The molecule has 2 N–H and O–H groups in total. The third-order valence-corrected chi connectivity index (χ3v) is 4.94. The van der Waals surface area contributed by atoms with Crippen LogP contribution < -0.4 is 5.73 Å². The smallest absolute Gasteiger partial charge is 0.151 e. The normalized spacial score (nSPS) is 28.5. The van der Waals surface area contributed by atoms with Gasteiger partial charge in [-0.3, -0.25) is 4.90 Å². The molecule has 0 spiro atoms. The molecule has 0 saturated carbocycles. The highest BCUT2D eigenvalue weighted by Gasteiger charge is 2.28. The minimum Gasteiger partial charge on any atom is -0.330 e. The lowest BCUT2D eigenvalue weighted by atomic mass is 10.1. The molecule has 90 valence electrons. The third kappa shape index (κ3) is 3.74. The lowest BCUT2D eigenvalue weighted by Crippen LogP contribution is -2.33. The Morgan fingerprint density at radius 2 is 2.13 bits per heavy atom. The summed E-state index contributed by atoms with van der Waals surface area (Å²) in [4.78, 5) is 2.24. The largest absolute Gasteiger partial charge is 0.330 e. The molecule has 5 heteroatoms. The molecule has 0 aromatic carbocycles. The quantitative estimate of drug-likeness (QED) is 0.732. The van der Waals surface area contributed by atoms with E-state index in [4.69, 9.17) is 5.73 Å². The van der Waals surface area contributed by atoms with E-state index in [1.165, 1.54) is 0 Å². The molecular weight excluding hydrogens is 212 g/mol. The second-order valence-electron chi connectivity index (χ2n) is 4.42. The van der Waals surface area contributed by atoms with E-state index < -0.39 is 9.84 Å². The second-order valence-corrected chi connectivity index (χ2v) is 6.89. The van der Waals surface area contributed by atoms with Crippen LogP contribution in [0.15, 0.2) is 0 Å². The molecule has 1 fully saturated rings. The van der Waals surface area contributed by atoms with Crippen molar-refractivity contribution in [3.8, 4) is 0 Å². The Kier molecular flexibility index (Phi) is 4.55. The number of sulfone groups is 1. The van der Waals surface area contributed by atoms with Crippen LogP contribution in [0.1, 0.15) is 20.3 Å². The van der Waals surface area contributed by atoms with E-state index >= 15 is 0 Å². The van der Waals surface area contributed by atoms with E-state index in [2.05, 4.69) is 11.8 Å². The van der Waals surface area contributed by atoms with Crippen LogP contribution in [-0.2, 0) is 9.84 Å². The Hall–Kier alpha value is -0.130. The van der Waals surface area contributed by atoms with Crippen LogP contribution in [0, 0.1) is 5.92 Å². The number of rotatable bonds is 5. The molecule has 4 nitrogen and oxygen atoms in total. The van der Waals surface area contributed by atoms with Crippen molar-refractivity contribution < 1.29 is 8.42 Å². The maximum atomic E-state index is 11.4. The first-order valence-electron chi connectivity index (χ1n) is 5.63. The SMILES string of the molecule is CCS(=O)(=O)CCN1CC(CN)CC1C. The number of nitrogens with zero attached hydrogens (tertiary/aromatic N) is 1. The van der Waals surface area contributed by atoms with Crippen molar-refractivity contribution in [1.82, 2.24) is 4.90 Å². The fourth-order valence-corrected chi connectivity index (χ4v) is 2.90. The molecule has 2 atom stereocenters. The predicted octanol–water partition coefficient (Wildman–Crippen LogP) is 0.0902. The van der Waals surface area contributed by atoms with Crippen molar-refractivity contribution in [3.63, 3.8) is 0 Å². The van der Waals surface area contributed by atoms with Crippen molar-refractivity contribution in [2.75, 3.05) is 31.1 Å². The zero-order valence-corrected chi connectivity index (χ0v) is 10.5. The molecule has 15 heavy (non-hydrogen) atoms. The topological polar surface area (TPSA) is 63.4 Å². The zero-order chi connectivity index (χ0) is 11.5. The van der Waals surface area contributed by atoms with Gasteiger partial charge in [-0.25, -0.2) is 8.42 Å². The molecule has 0 amide bonds. The van der Waals surface area contributed by atoms with Gasteiger partial charge in [-0.1, -0.05) is 6.92 Å². The minimum absolute atomic E-state index is 0.246. The van der Waals surface area contributed by atoms with Gasteiger partial charge in [-0.15, -0.1) is 0 Å². The van der Waals surface area contributed by atoms with Gasteiger partial charge in [-0.05, 0) is 25.8 Å². The average Bonchev–Trinajstić information content (AvgIpc) is 2.57. The third-order valence-electron chi connectivity index (χ3n) is 3.25. The van der Waals surface area contributed by atoms with Crippen LogP contribution in [0.4, 0.5) is 0 Å². The highest BCUT2D eigenvalue weighted by Crippen LogP contribution is 2.21. The Morgan fingerprint density at radius 3 is 2.60 bits per heavy atom. The van der Waals surface area contributed by atoms with Gasteiger partial charge in [0.25, 0.3) is 0 Å². The van der Waals surface area contributed by atoms with Crippen LogP contribution >= 0.6 is 0 Å². The first-order valence-corrected chi connectivity index (χ1v) is 7.45. The fourth-order valence-electron chi connectivity index (χ4n) is 2.10. The van der Waals surface area contributed by atoms with Gasteiger partial charge in [0.1, 0.15) is 0 Å². The summed E-state index contributed by atoms with van der Waals surface area (Å²) in [5.74, 6) is 1.07. The van der Waals surface area contributed by atoms with Gasteiger partial charge in [0, 0.05) is 24.9 Å². The maximum Gasteiger partial charge on any atom is 0.151 e. The van der Waals surface area contributed by atoms with E-state index in [0.29, 0.717) is 25.0 Å². The second kappa shape index (κ2) is 5.27. The van der Waals surface area contributed by atoms with Crippen LogP contribution in [0.3, 0.4) is 0 Å². The summed E-state index contributed by atoms with van der Waals surface area (Å²) in [6, 6.07) is 0.477. The minimum atomic E-state index is -2.83. The van der Waals surface area contributed by atoms with Gasteiger partial charge in [-0.2, -0.15) is 0 Å². The summed E-state index contributed by atoms with van der Waals surface area (Å²) in [7, 11) is -2.83. The molecule has 2 unspecified atom stereocenters. The highest BCUT2D eigenvalue weighted by molar-refractivity contribution is 7.91. The van der Waals surface area contributed by atoms with Crippen LogP contribution in [0.5, 0.6) is 0 Å². The monoisotopic (exact) mass is 234 g/mol. The van der Waals surface area contributed by atoms with Gasteiger partial charge >= 0.3 is 0 Å². The predicted molar refractivity (Wildman–Crippen MR) is 62.5 cm³/mol. The van der Waals surface area contributed by atoms with Gasteiger partial charge < -0.3 is 5.73 Å². The molecule has 0 aromatic heterocycles. The highest BCUT2D eigenvalue weighted by atomic mass is 32.2. The molecule has 1 rings (SSSR count). The van der Waals surface area contributed by atoms with Gasteiger partial charge in [0.05, 0.1) is 5.75 Å². The molecule has 0 aromatic rings. The summed E-state index contributed by atoms with van der Waals surface area (Å²) in [6.07, 6.45) is 1.10. The average molecular weight is 234 g/mol. The van der Waals surface area contributed by atoms with Crippen LogP contribution in [0.25, 0.3) is 0 Å². The summed E-state index contributed by atoms with van der Waals surface area (Å²) in [5.41, 5.74) is 5.62. The number of hydrogen-bond donors (Lipinski definition) is 1. The van der Waals surface area contributed by atoms with E-state index in [-0.39, 0.29) is 11.5 Å².